The number of aryl methyl sites for hydroxylation is 3. The average Bonchev–Trinajstić information content (AvgIpc) is 3.43. The lowest BCUT2D eigenvalue weighted by molar-refractivity contribution is -0.120. The number of rotatable bonds is 10. The minimum Gasteiger partial charge on any atom is -0.467 e. The van der Waals surface area contributed by atoms with Crippen LogP contribution in [0.25, 0.3) is 0 Å². The van der Waals surface area contributed by atoms with Crippen molar-refractivity contribution in [2.45, 2.75) is 70.1 Å². The van der Waals surface area contributed by atoms with Gasteiger partial charge in [0.2, 0.25) is 5.91 Å². The number of piperidine rings is 2. The molecule has 0 bridgehead atoms. The lowest BCUT2D eigenvalue weighted by atomic mass is 9.99. The summed E-state index contributed by atoms with van der Waals surface area (Å²) in [4.78, 5) is 17.5. The highest BCUT2D eigenvalue weighted by Crippen LogP contribution is 2.28. The lowest BCUT2D eigenvalue weighted by Crippen LogP contribution is -2.39. The Morgan fingerprint density at radius 3 is 2.32 bits per heavy atom. The fourth-order valence-corrected chi connectivity index (χ4v) is 7.19. The van der Waals surface area contributed by atoms with Gasteiger partial charge in [-0.2, -0.15) is 0 Å². The molecule has 5 rings (SSSR count). The molecule has 0 atom stereocenters. The van der Waals surface area contributed by atoms with Crippen LogP contribution in [0, 0.1) is 6.92 Å². The van der Waals surface area contributed by atoms with Gasteiger partial charge in [-0.15, -0.1) is 0 Å². The van der Waals surface area contributed by atoms with E-state index < -0.39 is 9.84 Å². The van der Waals surface area contributed by atoms with Gasteiger partial charge in [0.05, 0.1) is 24.5 Å². The van der Waals surface area contributed by atoms with E-state index in [1.807, 2.05) is 30.3 Å². The maximum atomic E-state index is 12.7. The number of furan rings is 1. The standard InChI is InChI=1S/C33H43N3O4S/c1-25-6-9-27(31(22-25)36-17-4-3-5-18-36)10-11-28-16-21-40-32(28)24-34-33(37)23-26-7-12-29(13-8-26)35-19-14-30(15-20-35)41(2,38)39/h6-9,12-13,16,21-22,30H,3-5,10-11,14-15,17-20,23-24H2,1-2H3,(H,34,37). The maximum Gasteiger partial charge on any atom is 0.224 e. The number of nitrogens with zero attached hydrogens (tertiary/aromatic N) is 2. The lowest BCUT2D eigenvalue weighted by Gasteiger charge is -2.32. The number of amides is 1. The molecule has 41 heavy (non-hydrogen) atoms. The molecule has 7 nitrogen and oxygen atoms in total. The predicted molar refractivity (Wildman–Crippen MR) is 165 cm³/mol. The number of hydrogen-bond donors (Lipinski definition) is 1. The third kappa shape index (κ3) is 7.73. The molecule has 0 saturated carbocycles. The summed E-state index contributed by atoms with van der Waals surface area (Å²) in [5, 5.41) is 2.79. The van der Waals surface area contributed by atoms with Crippen LogP contribution >= 0.6 is 0 Å². The number of carbonyl (C=O) groups excluding carboxylic acids is 1. The first-order valence-corrected chi connectivity index (χ1v) is 16.9. The Kier molecular flexibility index (Phi) is 9.38. The average molecular weight is 578 g/mol. The third-order valence-electron chi connectivity index (χ3n) is 8.60. The van der Waals surface area contributed by atoms with Gasteiger partial charge in [0.1, 0.15) is 15.6 Å². The van der Waals surface area contributed by atoms with Gasteiger partial charge in [0.25, 0.3) is 0 Å². The molecule has 8 heteroatoms. The number of sulfone groups is 1. The molecule has 0 aliphatic carbocycles. The Bertz CT molecular complexity index is 1420. The normalized spacial score (nSPS) is 16.6. The molecule has 0 spiro atoms. The van der Waals surface area contributed by atoms with Crippen molar-refractivity contribution in [2.24, 2.45) is 0 Å². The van der Waals surface area contributed by atoms with E-state index in [9.17, 15) is 13.2 Å². The summed E-state index contributed by atoms with van der Waals surface area (Å²) in [5.74, 6) is 0.776. The molecule has 220 valence electrons. The van der Waals surface area contributed by atoms with Gasteiger partial charge in [-0.05, 0) is 98.4 Å². The quantitative estimate of drug-likeness (QED) is 0.355. The number of anilines is 2. The van der Waals surface area contributed by atoms with Crippen LogP contribution in [0.2, 0.25) is 0 Å². The topological polar surface area (TPSA) is 82.9 Å². The summed E-state index contributed by atoms with van der Waals surface area (Å²) in [5.41, 5.74) is 7.19. The van der Waals surface area contributed by atoms with E-state index in [-0.39, 0.29) is 11.2 Å². The minimum atomic E-state index is -2.98. The predicted octanol–water partition coefficient (Wildman–Crippen LogP) is 5.24. The van der Waals surface area contributed by atoms with Gasteiger partial charge in [-0.3, -0.25) is 4.79 Å². The first kappa shape index (κ1) is 29.2. The molecule has 2 aliphatic heterocycles. The number of hydrogen-bond acceptors (Lipinski definition) is 6. The fraction of sp³-hybridized carbons (Fsp3) is 0.485. The molecule has 2 aromatic carbocycles. The molecular weight excluding hydrogens is 534 g/mol. The van der Waals surface area contributed by atoms with Crippen molar-refractivity contribution in [2.75, 3.05) is 42.2 Å². The van der Waals surface area contributed by atoms with Crippen molar-refractivity contribution in [3.8, 4) is 0 Å². The summed E-state index contributed by atoms with van der Waals surface area (Å²) in [6, 6.07) is 16.8. The summed E-state index contributed by atoms with van der Waals surface area (Å²) in [6.45, 7) is 6.26. The Morgan fingerprint density at radius 1 is 0.902 bits per heavy atom. The summed E-state index contributed by atoms with van der Waals surface area (Å²) in [7, 11) is -2.98. The summed E-state index contributed by atoms with van der Waals surface area (Å²) in [6.07, 6.45) is 10.3. The molecule has 0 radical (unpaired) electrons. The van der Waals surface area contributed by atoms with Gasteiger partial charge in [-0.25, -0.2) is 8.42 Å². The minimum absolute atomic E-state index is 0.0417. The zero-order valence-corrected chi connectivity index (χ0v) is 25.2. The van der Waals surface area contributed by atoms with Gasteiger partial charge < -0.3 is 19.5 Å². The number of benzene rings is 2. The fourth-order valence-electron chi connectivity index (χ4n) is 6.12. The van der Waals surface area contributed by atoms with E-state index in [1.54, 1.807) is 6.26 Å². The van der Waals surface area contributed by atoms with Crippen molar-refractivity contribution >= 4 is 27.1 Å². The van der Waals surface area contributed by atoms with Crippen molar-refractivity contribution in [3.63, 3.8) is 0 Å². The molecule has 3 heterocycles. The molecule has 0 unspecified atom stereocenters. The van der Waals surface area contributed by atoms with Crippen LogP contribution in [-0.2, 0) is 40.4 Å². The van der Waals surface area contributed by atoms with Gasteiger partial charge in [0.15, 0.2) is 0 Å². The highest BCUT2D eigenvalue weighted by atomic mass is 32.2. The molecular formula is C33H43N3O4S. The summed E-state index contributed by atoms with van der Waals surface area (Å²) >= 11 is 0. The van der Waals surface area contributed by atoms with Crippen LogP contribution in [0.1, 0.15) is 60.1 Å². The first-order valence-electron chi connectivity index (χ1n) is 15.0. The highest BCUT2D eigenvalue weighted by molar-refractivity contribution is 7.91. The smallest absolute Gasteiger partial charge is 0.224 e. The van der Waals surface area contributed by atoms with E-state index in [1.165, 1.54) is 42.3 Å². The Balaban J connectivity index is 1.11. The van der Waals surface area contributed by atoms with E-state index in [0.717, 1.165) is 61.6 Å². The molecule has 2 aliphatic rings. The maximum absolute atomic E-state index is 12.7. The van der Waals surface area contributed by atoms with Crippen molar-refractivity contribution in [1.82, 2.24) is 5.32 Å². The molecule has 2 fully saturated rings. The zero-order chi connectivity index (χ0) is 28.8. The zero-order valence-electron chi connectivity index (χ0n) is 24.4. The van der Waals surface area contributed by atoms with Crippen LogP contribution in [0.5, 0.6) is 0 Å². The van der Waals surface area contributed by atoms with Gasteiger partial charge >= 0.3 is 0 Å². The van der Waals surface area contributed by atoms with Crippen molar-refractivity contribution in [3.05, 3.63) is 82.8 Å². The highest BCUT2D eigenvalue weighted by Gasteiger charge is 2.26. The largest absolute Gasteiger partial charge is 0.467 e. The van der Waals surface area contributed by atoms with Crippen LogP contribution in [0.15, 0.2) is 59.2 Å². The summed E-state index contributed by atoms with van der Waals surface area (Å²) < 4.78 is 29.4. The van der Waals surface area contributed by atoms with Gasteiger partial charge in [0, 0.05) is 43.8 Å². The Hall–Kier alpha value is -3.26. The second-order valence-electron chi connectivity index (χ2n) is 11.7. The first-order chi connectivity index (χ1) is 19.8. The Morgan fingerprint density at radius 2 is 1.61 bits per heavy atom. The van der Waals surface area contributed by atoms with Crippen molar-refractivity contribution < 1.29 is 17.6 Å². The molecule has 1 N–H and O–H groups in total. The molecule has 3 aromatic rings. The number of carbonyl (C=O) groups is 1. The number of nitrogens with one attached hydrogen (secondary N) is 1. The van der Waals surface area contributed by atoms with Crippen LogP contribution in [0.3, 0.4) is 0 Å². The van der Waals surface area contributed by atoms with Crippen LogP contribution < -0.4 is 15.1 Å². The van der Waals surface area contributed by atoms with E-state index in [2.05, 4.69) is 40.2 Å². The molecule has 2 saturated heterocycles. The third-order valence-corrected chi connectivity index (χ3v) is 10.3. The van der Waals surface area contributed by atoms with Crippen molar-refractivity contribution in [1.29, 1.82) is 0 Å². The monoisotopic (exact) mass is 577 g/mol. The second-order valence-corrected chi connectivity index (χ2v) is 14.0. The molecule has 1 amide bonds. The van der Waals surface area contributed by atoms with E-state index in [0.29, 0.717) is 25.8 Å². The van der Waals surface area contributed by atoms with Crippen LogP contribution in [0.4, 0.5) is 11.4 Å². The second kappa shape index (κ2) is 13.1. The van der Waals surface area contributed by atoms with Crippen LogP contribution in [-0.4, -0.2) is 52.0 Å². The molecule has 1 aromatic heterocycles. The van der Waals surface area contributed by atoms with E-state index >= 15 is 0 Å². The van der Waals surface area contributed by atoms with E-state index in [4.69, 9.17) is 4.42 Å². The Labute approximate surface area is 244 Å². The van der Waals surface area contributed by atoms with Gasteiger partial charge in [-0.1, -0.05) is 24.3 Å². The SMILES string of the molecule is Cc1ccc(CCc2ccoc2CNC(=O)Cc2ccc(N3CCC(S(C)(=O)=O)CC3)cc2)c(N2CCCCC2)c1.